The Balaban J connectivity index is 2.82. The van der Waals surface area contributed by atoms with E-state index >= 15 is 0 Å². The second-order valence-corrected chi connectivity index (χ2v) is 4.38. The first-order valence-electron chi connectivity index (χ1n) is 5.76. The number of phenolic OH excluding ortho intramolecular Hbond substituents is 1. The molecule has 3 N–H and O–H groups in total. The molecule has 0 aliphatic rings. The topological polar surface area (TPSA) is 75.8 Å². The molecule has 1 rings (SSSR count). The quantitative estimate of drug-likeness (QED) is 0.805. The summed E-state index contributed by atoms with van der Waals surface area (Å²) < 4.78 is 4.97. The Labute approximate surface area is 107 Å². The molecule has 0 bridgehead atoms. The second-order valence-electron chi connectivity index (χ2n) is 4.38. The minimum Gasteiger partial charge on any atom is -0.504 e. The number of amides is 1. The van der Waals surface area contributed by atoms with Gasteiger partial charge < -0.3 is 20.5 Å². The molecule has 5 heteroatoms. The zero-order chi connectivity index (χ0) is 13.7. The molecule has 1 aromatic carbocycles. The van der Waals surface area contributed by atoms with Crippen molar-refractivity contribution in [1.82, 2.24) is 4.90 Å². The Morgan fingerprint density at radius 2 is 2.17 bits per heavy atom. The maximum absolute atomic E-state index is 11.8. The Morgan fingerprint density at radius 3 is 2.61 bits per heavy atom. The fraction of sp³-hybridized carbons (Fsp3) is 0.462. The van der Waals surface area contributed by atoms with E-state index in [0.29, 0.717) is 12.2 Å². The number of benzene rings is 1. The Bertz CT molecular complexity index is 419. The number of carbonyl (C=O) groups excluding carboxylic acids is 1. The van der Waals surface area contributed by atoms with Crippen LogP contribution < -0.4 is 10.5 Å². The largest absolute Gasteiger partial charge is 0.504 e. The van der Waals surface area contributed by atoms with Crippen molar-refractivity contribution in [1.29, 1.82) is 0 Å². The zero-order valence-electron chi connectivity index (χ0n) is 11.0. The van der Waals surface area contributed by atoms with Crippen LogP contribution in [0.1, 0.15) is 5.56 Å². The first-order chi connectivity index (χ1) is 8.49. The highest BCUT2D eigenvalue weighted by Gasteiger charge is 2.19. The highest BCUT2D eigenvalue weighted by atomic mass is 16.5. The van der Waals surface area contributed by atoms with Crippen LogP contribution in [0.25, 0.3) is 0 Å². The molecule has 1 aromatic rings. The molecule has 0 fully saturated rings. The number of hydrogen-bond acceptors (Lipinski definition) is 4. The van der Waals surface area contributed by atoms with Crippen molar-refractivity contribution in [2.75, 3.05) is 27.7 Å². The molecule has 1 amide bonds. The second kappa shape index (κ2) is 6.26. The number of carbonyl (C=O) groups is 1. The summed E-state index contributed by atoms with van der Waals surface area (Å²) in [6.07, 6.45) is 0.505. The molecule has 0 spiro atoms. The van der Waals surface area contributed by atoms with Gasteiger partial charge in [-0.05, 0) is 24.1 Å². The van der Waals surface area contributed by atoms with Gasteiger partial charge in [0, 0.05) is 20.6 Å². The summed E-state index contributed by atoms with van der Waals surface area (Å²) in [5.41, 5.74) is 6.48. The molecule has 100 valence electrons. The standard InChI is InChI=1S/C13H20N2O3/c1-15(2)13(17)10(8-14)6-9-4-5-12(18-3)11(16)7-9/h4-5,7,10,16H,6,8,14H2,1-3H3. The Morgan fingerprint density at radius 1 is 1.50 bits per heavy atom. The van der Waals surface area contributed by atoms with Crippen LogP contribution in [0.2, 0.25) is 0 Å². The minimum atomic E-state index is -0.271. The van der Waals surface area contributed by atoms with Crippen LogP contribution >= 0.6 is 0 Å². The average molecular weight is 252 g/mol. The number of nitrogens with zero attached hydrogens (tertiary/aromatic N) is 1. The SMILES string of the molecule is COc1ccc(CC(CN)C(=O)N(C)C)cc1O. The summed E-state index contributed by atoms with van der Waals surface area (Å²) in [6, 6.07) is 5.10. The van der Waals surface area contributed by atoms with Crippen molar-refractivity contribution in [3.8, 4) is 11.5 Å². The van der Waals surface area contributed by atoms with E-state index in [0.717, 1.165) is 5.56 Å². The van der Waals surface area contributed by atoms with Crippen molar-refractivity contribution in [2.45, 2.75) is 6.42 Å². The summed E-state index contributed by atoms with van der Waals surface area (Å²) in [4.78, 5) is 13.4. The summed E-state index contributed by atoms with van der Waals surface area (Å²) >= 11 is 0. The van der Waals surface area contributed by atoms with Gasteiger partial charge in [-0.2, -0.15) is 0 Å². The van der Waals surface area contributed by atoms with E-state index in [2.05, 4.69) is 0 Å². The Hall–Kier alpha value is -1.75. The fourth-order valence-corrected chi connectivity index (χ4v) is 1.78. The summed E-state index contributed by atoms with van der Waals surface area (Å²) in [5, 5.41) is 9.67. The predicted molar refractivity (Wildman–Crippen MR) is 69.6 cm³/mol. The molecule has 0 saturated carbocycles. The predicted octanol–water partition coefficient (Wildman–Crippen LogP) is 0.606. The number of rotatable bonds is 5. The van der Waals surface area contributed by atoms with Gasteiger partial charge in [0.25, 0.3) is 0 Å². The number of phenols is 1. The van der Waals surface area contributed by atoms with Gasteiger partial charge in [0.1, 0.15) is 0 Å². The van der Waals surface area contributed by atoms with E-state index in [-0.39, 0.29) is 24.1 Å². The van der Waals surface area contributed by atoms with Crippen LogP contribution in [0.15, 0.2) is 18.2 Å². The lowest BCUT2D eigenvalue weighted by Crippen LogP contribution is -2.35. The molecule has 0 aliphatic heterocycles. The zero-order valence-corrected chi connectivity index (χ0v) is 11.0. The van der Waals surface area contributed by atoms with Crippen LogP contribution in [-0.2, 0) is 11.2 Å². The van der Waals surface area contributed by atoms with Gasteiger partial charge in [-0.15, -0.1) is 0 Å². The number of methoxy groups -OCH3 is 1. The normalized spacial score (nSPS) is 12.0. The molecule has 1 unspecified atom stereocenters. The van der Waals surface area contributed by atoms with E-state index in [9.17, 15) is 9.90 Å². The molecule has 18 heavy (non-hydrogen) atoms. The van der Waals surface area contributed by atoms with E-state index in [1.165, 1.54) is 12.0 Å². The third-order valence-corrected chi connectivity index (χ3v) is 2.80. The number of aromatic hydroxyl groups is 1. The molecule has 1 atom stereocenters. The van der Waals surface area contributed by atoms with Crippen molar-refractivity contribution < 1.29 is 14.6 Å². The van der Waals surface area contributed by atoms with Crippen molar-refractivity contribution in [3.63, 3.8) is 0 Å². The van der Waals surface area contributed by atoms with Gasteiger partial charge in [0.15, 0.2) is 11.5 Å². The molecule has 0 aliphatic carbocycles. The van der Waals surface area contributed by atoms with E-state index in [1.807, 2.05) is 6.07 Å². The molecular formula is C13H20N2O3. The average Bonchev–Trinajstić information content (AvgIpc) is 2.35. The van der Waals surface area contributed by atoms with E-state index in [4.69, 9.17) is 10.5 Å². The van der Waals surface area contributed by atoms with Crippen molar-refractivity contribution in [3.05, 3.63) is 23.8 Å². The van der Waals surface area contributed by atoms with Gasteiger partial charge in [-0.3, -0.25) is 4.79 Å². The highest BCUT2D eigenvalue weighted by molar-refractivity contribution is 5.78. The third kappa shape index (κ3) is 3.37. The number of hydrogen-bond donors (Lipinski definition) is 2. The Kier molecular flexibility index (Phi) is 4.97. The molecule has 0 heterocycles. The van der Waals surface area contributed by atoms with E-state index < -0.39 is 0 Å². The third-order valence-electron chi connectivity index (χ3n) is 2.80. The smallest absolute Gasteiger partial charge is 0.226 e. The number of nitrogens with two attached hydrogens (primary N) is 1. The lowest BCUT2D eigenvalue weighted by atomic mass is 9.98. The first kappa shape index (κ1) is 14.3. The maximum atomic E-state index is 11.8. The first-order valence-corrected chi connectivity index (χ1v) is 5.76. The fourth-order valence-electron chi connectivity index (χ4n) is 1.78. The molecule has 5 nitrogen and oxygen atoms in total. The molecule has 0 aromatic heterocycles. The minimum absolute atomic E-state index is 0.00666. The molecule has 0 radical (unpaired) electrons. The van der Waals surface area contributed by atoms with Crippen LogP contribution in [0, 0.1) is 5.92 Å². The maximum Gasteiger partial charge on any atom is 0.226 e. The van der Waals surface area contributed by atoms with Crippen molar-refractivity contribution >= 4 is 5.91 Å². The molecular weight excluding hydrogens is 232 g/mol. The van der Waals surface area contributed by atoms with Crippen LogP contribution in [-0.4, -0.2) is 43.7 Å². The van der Waals surface area contributed by atoms with Crippen molar-refractivity contribution in [2.24, 2.45) is 11.7 Å². The number of ether oxygens (including phenoxy) is 1. The summed E-state index contributed by atoms with van der Waals surface area (Å²) in [5.74, 6) is 0.214. The summed E-state index contributed by atoms with van der Waals surface area (Å²) in [7, 11) is 4.90. The lowest BCUT2D eigenvalue weighted by Gasteiger charge is -2.19. The lowest BCUT2D eigenvalue weighted by molar-refractivity contribution is -0.132. The van der Waals surface area contributed by atoms with Gasteiger partial charge in [-0.25, -0.2) is 0 Å². The van der Waals surface area contributed by atoms with Gasteiger partial charge in [0.2, 0.25) is 5.91 Å². The van der Waals surface area contributed by atoms with Crippen LogP contribution in [0.5, 0.6) is 11.5 Å². The van der Waals surface area contributed by atoms with Gasteiger partial charge in [-0.1, -0.05) is 6.07 Å². The van der Waals surface area contributed by atoms with E-state index in [1.54, 1.807) is 26.2 Å². The van der Waals surface area contributed by atoms with Gasteiger partial charge in [0.05, 0.1) is 13.0 Å². The highest BCUT2D eigenvalue weighted by Crippen LogP contribution is 2.27. The van der Waals surface area contributed by atoms with Crippen LogP contribution in [0.3, 0.4) is 0 Å². The van der Waals surface area contributed by atoms with Gasteiger partial charge >= 0.3 is 0 Å². The summed E-state index contributed by atoms with van der Waals surface area (Å²) in [6.45, 7) is 0.282. The monoisotopic (exact) mass is 252 g/mol. The molecule has 0 saturated heterocycles. The van der Waals surface area contributed by atoms with Crippen LogP contribution in [0.4, 0.5) is 0 Å².